The van der Waals surface area contributed by atoms with E-state index >= 15 is 0 Å². The summed E-state index contributed by atoms with van der Waals surface area (Å²) in [6.07, 6.45) is 0. The van der Waals surface area contributed by atoms with Gasteiger partial charge >= 0.3 is 5.23 Å². The Morgan fingerprint density at radius 3 is 2.40 bits per heavy atom. The molecule has 0 atom stereocenters. The Bertz CT molecular complexity index is 529. The number of hydrogen-bond acceptors (Lipinski definition) is 4. The quantitative estimate of drug-likeness (QED) is 0.728. The van der Waals surface area contributed by atoms with Crippen LogP contribution >= 0.6 is 0 Å². The SMILES string of the molecule is CC1=CS(=O)(=O)C(Oc2ccccc2)=N1. The van der Waals surface area contributed by atoms with Crippen LogP contribution < -0.4 is 4.74 Å². The maximum absolute atomic E-state index is 11.4. The van der Waals surface area contributed by atoms with Crippen molar-refractivity contribution in [3.63, 3.8) is 0 Å². The second kappa shape index (κ2) is 3.51. The van der Waals surface area contributed by atoms with Crippen LogP contribution in [0.1, 0.15) is 6.92 Å². The van der Waals surface area contributed by atoms with E-state index in [4.69, 9.17) is 4.74 Å². The predicted octanol–water partition coefficient (Wildman–Crippen LogP) is 1.71. The van der Waals surface area contributed by atoms with Gasteiger partial charge in [-0.05, 0) is 19.1 Å². The number of allylic oxidation sites excluding steroid dienone is 1. The van der Waals surface area contributed by atoms with Gasteiger partial charge in [-0.3, -0.25) is 0 Å². The molecule has 0 N–H and O–H groups in total. The minimum absolute atomic E-state index is 0.258. The first-order chi connectivity index (χ1) is 7.08. The zero-order valence-electron chi connectivity index (χ0n) is 8.04. The molecule has 1 aliphatic rings. The summed E-state index contributed by atoms with van der Waals surface area (Å²) < 4.78 is 28.1. The third kappa shape index (κ3) is 2.07. The van der Waals surface area contributed by atoms with Gasteiger partial charge in [-0.25, -0.2) is 13.4 Å². The minimum atomic E-state index is -3.47. The predicted molar refractivity (Wildman–Crippen MR) is 57.2 cm³/mol. The number of aliphatic imine (C=N–C) groups is 1. The van der Waals surface area contributed by atoms with E-state index in [9.17, 15) is 8.42 Å². The van der Waals surface area contributed by atoms with Crippen molar-refractivity contribution in [2.45, 2.75) is 6.92 Å². The molecule has 0 bridgehead atoms. The van der Waals surface area contributed by atoms with Crippen LogP contribution in [0.2, 0.25) is 0 Å². The Morgan fingerprint density at radius 1 is 1.20 bits per heavy atom. The molecule has 0 fully saturated rings. The van der Waals surface area contributed by atoms with E-state index in [0.29, 0.717) is 11.4 Å². The molecule has 0 saturated carbocycles. The molecule has 0 spiro atoms. The van der Waals surface area contributed by atoms with Gasteiger partial charge in [0.05, 0.1) is 11.1 Å². The van der Waals surface area contributed by atoms with E-state index in [0.717, 1.165) is 5.41 Å². The molecule has 0 unspecified atom stereocenters. The highest BCUT2D eigenvalue weighted by atomic mass is 32.2. The molecule has 1 aromatic carbocycles. The summed E-state index contributed by atoms with van der Waals surface area (Å²) in [5.41, 5.74) is 0.431. The molecule has 1 aliphatic heterocycles. The summed E-state index contributed by atoms with van der Waals surface area (Å²) in [5, 5.41) is 0.830. The van der Waals surface area contributed by atoms with Crippen molar-refractivity contribution < 1.29 is 13.2 Å². The van der Waals surface area contributed by atoms with Crippen LogP contribution in [0.3, 0.4) is 0 Å². The minimum Gasteiger partial charge on any atom is -0.430 e. The third-order valence-electron chi connectivity index (χ3n) is 1.79. The van der Waals surface area contributed by atoms with Crippen LogP contribution in [0.25, 0.3) is 0 Å². The van der Waals surface area contributed by atoms with E-state index in [-0.39, 0.29) is 5.23 Å². The fourth-order valence-corrected chi connectivity index (χ4v) is 2.27. The summed E-state index contributed by atoms with van der Waals surface area (Å²) in [4.78, 5) is 3.80. The highest BCUT2D eigenvalue weighted by Crippen LogP contribution is 2.18. The molecular formula is C10H9NO3S. The van der Waals surface area contributed by atoms with Crippen LogP contribution in [0, 0.1) is 0 Å². The maximum Gasteiger partial charge on any atom is 0.319 e. The first-order valence-corrected chi connectivity index (χ1v) is 5.87. The van der Waals surface area contributed by atoms with Crippen LogP contribution in [0.15, 0.2) is 46.4 Å². The van der Waals surface area contributed by atoms with Crippen molar-refractivity contribution in [3.05, 3.63) is 41.4 Å². The van der Waals surface area contributed by atoms with Crippen molar-refractivity contribution in [3.8, 4) is 5.75 Å². The summed E-state index contributed by atoms with van der Waals surface area (Å²) in [7, 11) is -3.47. The number of nitrogens with zero attached hydrogens (tertiary/aromatic N) is 1. The molecule has 4 nitrogen and oxygen atoms in total. The number of sulfone groups is 1. The van der Waals surface area contributed by atoms with Gasteiger partial charge in [0, 0.05) is 0 Å². The van der Waals surface area contributed by atoms with Crippen molar-refractivity contribution in [1.29, 1.82) is 0 Å². The van der Waals surface area contributed by atoms with Crippen molar-refractivity contribution in [1.82, 2.24) is 0 Å². The molecule has 2 rings (SSSR count). The van der Waals surface area contributed by atoms with E-state index in [1.807, 2.05) is 6.07 Å². The Balaban J connectivity index is 2.27. The van der Waals surface area contributed by atoms with Gasteiger partial charge < -0.3 is 4.74 Å². The van der Waals surface area contributed by atoms with Gasteiger partial charge in [0.25, 0.3) is 9.84 Å². The highest BCUT2D eigenvalue weighted by Gasteiger charge is 2.25. The zero-order chi connectivity index (χ0) is 10.9. The summed E-state index contributed by atoms with van der Waals surface area (Å²) in [5.74, 6) is 0.461. The lowest BCUT2D eigenvalue weighted by molar-refractivity contribution is 0.549. The number of hydrogen-bond donors (Lipinski definition) is 0. The second-order valence-corrected chi connectivity index (χ2v) is 4.77. The average molecular weight is 223 g/mol. The van der Waals surface area contributed by atoms with Crippen molar-refractivity contribution in [2.75, 3.05) is 0 Å². The van der Waals surface area contributed by atoms with Gasteiger partial charge in [-0.2, -0.15) is 0 Å². The van der Waals surface area contributed by atoms with Gasteiger partial charge in [-0.15, -0.1) is 0 Å². The number of para-hydroxylation sites is 1. The van der Waals surface area contributed by atoms with E-state index in [1.54, 1.807) is 31.2 Å². The standard InChI is InChI=1S/C10H9NO3S/c1-8-7-15(12,13)10(11-8)14-9-5-3-2-4-6-9/h2-7H,1H3. The lowest BCUT2D eigenvalue weighted by Crippen LogP contribution is -2.15. The first kappa shape index (κ1) is 9.92. The van der Waals surface area contributed by atoms with Crippen LogP contribution in [0.4, 0.5) is 0 Å². The normalized spacial score (nSPS) is 18.2. The molecule has 15 heavy (non-hydrogen) atoms. The van der Waals surface area contributed by atoms with Gasteiger partial charge in [-0.1, -0.05) is 18.2 Å². The first-order valence-electron chi connectivity index (χ1n) is 4.33. The lowest BCUT2D eigenvalue weighted by atomic mass is 10.3. The third-order valence-corrected chi connectivity index (χ3v) is 3.10. The number of benzene rings is 1. The maximum atomic E-state index is 11.4. The monoisotopic (exact) mass is 223 g/mol. The zero-order valence-corrected chi connectivity index (χ0v) is 8.86. The van der Waals surface area contributed by atoms with Gasteiger partial charge in [0.1, 0.15) is 5.75 Å². The average Bonchev–Trinajstić information content (AvgIpc) is 2.41. The Hall–Kier alpha value is -1.62. The van der Waals surface area contributed by atoms with Gasteiger partial charge in [0.2, 0.25) is 0 Å². The lowest BCUT2D eigenvalue weighted by Gasteiger charge is -2.02. The van der Waals surface area contributed by atoms with Crippen LogP contribution in [0.5, 0.6) is 5.75 Å². The van der Waals surface area contributed by atoms with E-state index in [2.05, 4.69) is 4.99 Å². The number of rotatable bonds is 1. The molecule has 0 radical (unpaired) electrons. The summed E-state index contributed by atoms with van der Waals surface area (Å²) >= 11 is 0. The molecular weight excluding hydrogens is 214 g/mol. The van der Waals surface area contributed by atoms with Crippen LogP contribution in [-0.4, -0.2) is 13.6 Å². The second-order valence-electron chi connectivity index (χ2n) is 3.10. The Morgan fingerprint density at radius 2 is 1.87 bits per heavy atom. The topological polar surface area (TPSA) is 55.7 Å². The van der Waals surface area contributed by atoms with Crippen molar-refractivity contribution >= 4 is 15.1 Å². The molecule has 0 aliphatic carbocycles. The summed E-state index contributed by atoms with van der Waals surface area (Å²) in [6.45, 7) is 1.61. The summed E-state index contributed by atoms with van der Waals surface area (Å²) in [6, 6.07) is 8.69. The van der Waals surface area contributed by atoms with Gasteiger partial charge in [0.15, 0.2) is 0 Å². The molecule has 78 valence electrons. The smallest absolute Gasteiger partial charge is 0.319 e. The molecule has 5 heteroatoms. The molecule has 0 amide bonds. The van der Waals surface area contributed by atoms with E-state index in [1.165, 1.54) is 0 Å². The van der Waals surface area contributed by atoms with Crippen LogP contribution in [-0.2, 0) is 9.84 Å². The molecule has 0 saturated heterocycles. The Kier molecular flexibility index (Phi) is 2.32. The molecule has 1 aromatic rings. The number of ether oxygens (including phenoxy) is 1. The van der Waals surface area contributed by atoms with Crippen molar-refractivity contribution in [2.24, 2.45) is 4.99 Å². The molecule has 0 aromatic heterocycles. The fourth-order valence-electron chi connectivity index (χ4n) is 1.18. The Labute approximate surface area is 87.8 Å². The molecule has 1 heterocycles. The highest BCUT2D eigenvalue weighted by molar-refractivity contribution is 8.08. The largest absolute Gasteiger partial charge is 0.430 e. The van der Waals surface area contributed by atoms with E-state index < -0.39 is 9.84 Å². The fraction of sp³-hybridized carbons (Fsp3) is 0.100.